The molecule has 0 atom stereocenters. The van der Waals surface area contributed by atoms with Gasteiger partial charge in [0.2, 0.25) is 0 Å². The van der Waals surface area contributed by atoms with Crippen molar-refractivity contribution in [2.75, 3.05) is 13.1 Å². The molecule has 1 heterocycles. The van der Waals surface area contributed by atoms with E-state index in [4.69, 9.17) is 16.4 Å². The molecule has 0 radical (unpaired) electrons. The highest BCUT2D eigenvalue weighted by molar-refractivity contribution is 6.30. The van der Waals surface area contributed by atoms with Gasteiger partial charge in [-0.15, -0.1) is 0 Å². The normalized spacial score (nSPS) is 17.7. The van der Waals surface area contributed by atoms with Gasteiger partial charge in [0.25, 0.3) is 0 Å². The van der Waals surface area contributed by atoms with Crippen LogP contribution in [0.4, 0.5) is 0 Å². The Labute approximate surface area is 99.9 Å². The van der Waals surface area contributed by atoms with Crippen LogP contribution in [0, 0.1) is 0 Å². The third-order valence-corrected chi connectivity index (χ3v) is 2.82. The van der Waals surface area contributed by atoms with Crippen molar-refractivity contribution < 1.29 is 9.63 Å². The molecule has 1 fully saturated rings. The fourth-order valence-corrected chi connectivity index (χ4v) is 1.87. The summed E-state index contributed by atoms with van der Waals surface area (Å²) >= 11 is 5.87. The average molecular weight is 240 g/mol. The van der Waals surface area contributed by atoms with Gasteiger partial charge in [-0.25, -0.2) is 0 Å². The maximum atomic E-state index is 11.0. The molecular weight excluding hydrogens is 226 g/mol. The summed E-state index contributed by atoms with van der Waals surface area (Å²) in [5, 5.41) is 2.57. The second-order valence-electron chi connectivity index (χ2n) is 3.87. The summed E-state index contributed by atoms with van der Waals surface area (Å²) in [4.78, 5) is 16.6. The molecule has 0 N–H and O–H groups in total. The van der Waals surface area contributed by atoms with Gasteiger partial charge in [0.1, 0.15) is 5.78 Å². The molecule has 16 heavy (non-hydrogen) atoms. The summed E-state index contributed by atoms with van der Waals surface area (Å²) in [7, 11) is 0. The van der Waals surface area contributed by atoms with E-state index in [-0.39, 0.29) is 0 Å². The van der Waals surface area contributed by atoms with E-state index in [0.29, 0.717) is 38.3 Å². The second kappa shape index (κ2) is 5.43. The molecule has 3 nitrogen and oxygen atoms in total. The topological polar surface area (TPSA) is 29.5 Å². The van der Waals surface area contributed by atoms with Crippen molar-refractivity contribution in [2.45, 2.75) is 19.4 Å². The van der Waals surface area contributed by atoms with Crippen molar-refractivity contribution in [3.63, 3.8) is 0 Å². The molecule has 1 aliphatic heterocycles. The lowest BCUT2D eigenvalue weighted by Crippen LogP contribution is -2.33. The van der Waals surface area contributed by atoms with Crippen LogP contribution in [0.25, 0.3) is 0 Å². The maximum absolute atomic E-state index is 11.0. The number of halogens is 1. The molecule has 0 spiro atoms. The van der Waals surface area contributed by atoms with E-state index in [2.05, 4.69) is 0 Å². The molecule has 1 aromatic carbocycles. The zero-order chi connectivity index (χ0) is 11.4. The number of ketones is 1. The van der Waals surface area contributed by atoms with Crippen LogP contribution < -0.4 is 0 Å². The minimum atomic E-state index is 0.322. The molecule has 0 aliphatic carbocycles. The summed E-state index contributed by atoms with van der Waals surface area (Å²) in [6.45, 7) is 1.90. The van der Waals surface area contributed by atoms with E-state index < -0.39 is 0 Å². The zero-order valence-corrected chi connectivity index (χ0v) is 9.74. The van der Waals surface area contributed by atoms with E-state index in [1.807, 2.05) is 29.3 Å². The Morgan fingerprint density at radius 1 is 1.31 bits per heavy atom. The molecule has 1 aliphatic rings. The van der Waals surface area contributed by atoms with Crippen LogP contribution in [-0.4, -0.2) is 23.9 Å². The van der Waals surface area contributed by atoms with Crippen LogP contribution in [-0.2, 0) is 16.2 Å². The van der Waals surface area contributed by atoms with E-state index in [1.165, 1.54) is 0 Å². The van der Waals surface area contributed by atoms with Crippen LogP contribution >= 0.6 is 11.6 Å². The number of Topliss-reactive ketones (excluding diaryl/α,β-unsaturated/α-hetero) is 1. The average Bonchev–Trinajstić information content (AvgIpc) is 2.28. The maximum Gasteiger partial charge on any atom is 0.135 e. The van der Waals surface area contributed by atoms with Crippen LogP contribution in [0.1, 0.15) is 18.4 Å². The SMILES string of the molecule is O=C1CCN(OCc2cccc(Cl)c2)CC1. The van der Waals surface area contributed by atoms with Gasteiger partial charge in [-0.1, -0.05) is 23.7 Å². The number of benzene rings is 1. The van der Waals surface area contributed by atoms with Gasteiger partial charge in [0, 0.05) is 31.0 Å². The highest BCUT2D eigenvalue weighted by Gasteiger charge is 2.16. The Morgan fingerprint density at radius 3 is 2.75 bits per heavy atom. The van der Waals surface area contributed by atoms with Gasteiger partial charge < -0.3 is 0 Å². The molecule has 0 aromatic heterocycles. The summed E-state index contributed by atoms with van der Waals surface area (Å²) in [5.41, 5.74) is 1.05. The molecule has 2 rings (SSSR count). The standard InChI is InChI=1S/C12H14ClNO2/c13-11-3-1-2-10(8-11)9-16-14-6-4-12(15)5-7-14/h1-3,8H,4-7,9H2. The summed E-state index contributed by atoms with van der Waals surface area (Å²) < 4.78 is 0. The highest BCUT2D eigenvalue weighted by atomic mass is 35.5. The molecule has 0 bridgehead atoms. The molecule has 0 amide bonds. The van der Waals surface area contributed by atoms with Crippen molar-refractivity contribution in [3.8, 4) is 0 Å². The molecular formula is C12H14ClNO2. The van der Waals surface area contributed by atoms with Crippen molar-refractivity contribution in [1.29, 1.82) is 0 Å². The van der Waals surface area contributed by atoms with Crippen LogP contribution in [0.2, 0.25) is 5.02 Å². The molecule has 1 aromatic rings. The lowest BCUT2D eigenvalue weighted by atomic mass is 10.1. The van der Waals surface area contributed by atoms with Crippen molar-refractivity contribution in [3.05, 3.63) is 34.9 Å². The predicted molar refractivity (Wildman–Crippen MR) is 62.1 cm³/mol. The first-order chi connectivity index (χ1) is 7.74. The van der Waals surface area contributed by atoms with Gasteiger partial charge in [-0.2, -0.15) is 5.06 Å². The Kier molecular flexibility index (Phi) is 3.93. The monoisotopic (exact) mass is 239 g/mol. The predicted octanol–water partition coefficient (Wildman–Crippen LogP) is 2.44. The Morgan fingerprint density at radius 2 is 2.06 bits per heavy atom. The smallest absolute Gasteiger partial charge is 0.135 e. The van der Waals surface area contributed by atoms with Gasteiger partial charge in [0.05, 0.1) is 6.61 Å². The van der Waals surface area contributed by atoms with Gasteiger partial charge in [-0.3, -0.25) is 9.63 Å². The molecule has 0 saturated carbocycles. The second-order valence-corrected chi connectivity index (χ2v) is 4.31. The number of piperidine rings is 1. The first kappa shape index (κ1) is 11.6. The van der Waals surface area contributed by atoms with Gasteiger partial charge >= 0.3 is 0 Å². The quantitative estimate of drug-likeness (QED) is 0.812. The van der Waals surface area contributed by atoms with Crippen molar-refractivity contribution in [1.82, 2.24) is 5.06 Å². The number of hydrogen-bond donors (Lipinski definition) is 0. The van der Waals surface area contributed by atoms with Crippen LogP contribution in [0.15, 0.2) is 24.3 Å². The van der Waals surface area contributed by atoms with Gasteiger partial charge in [0.15, 0.2) is 0 Å². The number of carbonyl (C=O) groups excluding carboxylic acids is 1. The van der Waals surface area contributed by atoms with Crippen molar-refractivity contribution in [2.24, 2.45) is 0 Å². The lowest BCUT2D eigenvalue weighted by Gasteiger charge is -2.24. The van der Waals surface area contributed by atoms with E-state index in [9.17, 15) is 4.79 Å². The summed E-state index contributed by atoms with van der Waals surface area (Å²) in [5.74, 6) is 0.322. The lowest BCUT2D eigenvalue weighted by molar-refractivity contribution is -0.180. The molecule has 0 unspecified atom stereocenters. The summed E-state index contributed by atoms with van der Waals surface area (Å²) in [6, 6.07) is 7.60. The number of carbonyl (C=O) groups is 1. The minimum Gasteiger partial charge on any atom is -0.300 e. The number of rotatable bonds is 3. The van der Waals surface area contributed by atoms with Crippen molar-refractivity contribution >= 4 is 17.4 Å². The van der Waals surface area contributed by atoms with Gasteiger partial charge in [-0.05, 0) is 17.7 Å². The highest BCUT2D eigenvalue weighted by Crippen LogP contribution is 2.13. The Hall–Kier alpha value is -0.900. The van der Waals surface area contributed by atoms with E-state index in [0.717, 1.165) is 10.6 Å². The number of hydroxylamine groups is 2. The fraction of sp³-hybridized carbons (Fsp3) is 0.417. The first-order valence-corrected chi connectivity index (χ1v) is 5.76. The molecule has 86 valence electrons. The zero-order valence-electron chi connectivity index (χ0n) is 8.99. The number of hydrogen-bond acceptors (Lipinski definition) is 3. The Bertz CT molecular complexity index is 371. The van der Waals surface area contributed by atoms with E-state index in [1.54, 1.807) is 0 Å². The van der Waals surface area contributed by atoms with E-state index >= 15 is 0 Å². The van der Waals surface area contributed by atoms with Crippen LogP contribution in [0.3, 0.4) is 0 Å². The largest absolute Gasteiger partial charge is 0.300 e. The third-order valence-electron chi connectivity index (χ3n) is 2.58. The third kappa shape index (κ3) is 3.30. The Balaban J connectivity index is 1.81. The number of nitrogens with zero attached hydrogens (tertiary/aromatic N) is 1. The summed E-state index contributed by atoms with van der Waals surface area (Å²) in [6.07, 6.45) is 1.19. The first-order valence-electron chi connectivity index (χ1n) is 5.38. The minimum absolute atomic E-state index is 0.322. The van der Waals surface area contributed by atoms with Crippen LogP contribution in [0.5, 0.6) is 0 Å². The fourth-order valence-electron chi connectivity index (χ4n) is 1.66. The molecule has 4 heteroatoms. The molecule has 1 saturated heterocycles.